The summed E-state index contributed by atoms with van der Waals surface area (Å²) in [6.45, 7) is 0.422. The molecule has 0 bridgehead atoms. The van der Waals surface area contributed by atoms with Crippen LogP contribution in [0.25, 0.3) is 0 Å². The number of hydrogen-bond acceptors (Lipinski definition) is 3. The van der Waals surface area contributed by atoms with E-state index in [-0.39, 0.29) is 0 Å². The summed E-state index contributed by atoms with van der Waals surface area (Å²) in [5, 5.41) is 0.552. The largest absolute Gasteiger partial charge is 0.487 e. The first-order valence-corrected chi connectivity index (χ1v) is 6.09. The van der Waals surface area contributed by atoms with Crippen LogP contribution in [0.5, 0.6) is 5.75 Å². The minimum absolute atomic E-state index is 0.422. The van der Waals surface area contributed by atoms with Crippen molar-refractivity contribution in [1.29, 1.82) is 0 Å². The van der Waals surface area contributed by atoms with Gasteiger partial charge in [-0.25, -0.2) is 0 Å². The zero-order valence-electron chi connectivity index (χ0n) is 8.86. The molecule has 0 saturated heterocycles. The van der Waals surface area contributed by atoms with Crippen LogP contribution in [0.2, 0.25) is 5.02 Å². The van der Waals surface area contributed by atoms with Gasteiger partial charge in [0.25, 0.3) is 0 Å². The van der Waals surface area contributed by atoms with Gasteiger partial charge in [0.05, 0.1) is 11.2 Å². The lowest BCUT2D eigenvalue weighted by Gasteiger charge is -2.07. The molecule has 0 amide bonds. The van der Waals surface area contributed by atoms with Crippen LogP contribution < -0.4 is 10.5 Å². The number of nitrogen functional groups attached to an aromatic ring is 1. The van der Waals surface area contributed by atoms with Gasteiger partial charge in [-0.2, -0.15) is 0 Å². The van der Waals surface area contributed by atoms with Crippen molar-refractivity contribution in [3.8, 4) is 5.75 Å². The van der Waals surface area contributed by atoms with Gasteiger partial charge in [-0.1, -0.05) is 27.5 Å². The second-order valence-electron chi connectivity index (χ2n) is 3.52. The Balaban J connectivity index is 2.07. The number of rotatable bonds is 3. The molecule has 0 unspecified atom stereocenters. The Morgan fingerprint density at radius 2 is 2.06 bits per heavy atom. The van der Waals surface area contributed by atoms with E-state index in [0.29, 0.717) is 23.1 Å². The minimum atomic E-state index is 0.422. The molecule has 1 aromatic carbocycles. The number of halogens is 2. The van der Waals surface area contributed by atoms with Gasteiger partial charge < -0.3 is 10.5 Å². The van der Waals surface area contributed by atoms with Gasteiger partial charge in [0.1, 0.15) is 12.4 Å². The Labute approximate surface area is 113 Å². The average molecular weight is 314 g/mol. The molecule has 5 heteroatoms. The van der Waals surface area contributed by atoms with E-state index >= 15 is 0 Å². The molecule has 0 spiro atoms. The maximum absolute atomic E-state index is 5.81. The number of nitrogens with two attached hydrogens (primary N) is 1. The molecule has 0 atom stereocenters. The van der Waals surface area contributed by atoms with Gasteiger partial charge in [-0.05, 0) is 23.8 Å². The molecule has 1 heterocycles. The second-order valence-corrected chi connectivity index (χ2v) is 4.87. The van der Waals surface area contributed by atoms with Crippen molar-refractivity contribution in [2.24, 2.45) is 0 Å². The Morgan fingerprint density at radius 1 is 1.24 bits per heavy atom. The van der Waals surface area contributed by atoms with E-state index in [4.69, 9.17) is 22.1 Å². The first-order chi connectivity index (χ1) is 8.13. The summed E-state index contributed by atoms with van der Waals surface area (Å²) in [6.07, 6.45) is 3.18. The average Bonchev–Trinajstić information content (AvgIpc) is 2.25. The Morgan fingerprint density at radius 3 is 2.76 bits per heavy atom. The van der Waals surface area contributed by atoms with Gasteiger partial charge >= 0.3 is 0 Å². The van der Waals surface area contributed by atoms with Crippen molar-refractivity contribution in [3.05, 3.63) is 51.7 Å². The molecule has 0 radical (unpaired) electrons. The highest BCUT2D eigenvalue weighted by Gasteiger charge is 2.00. The third-order valence-electron chi connectivity index (χ3n) is 2.07. The van der Waals surface area contributed by atoms with Crippen molar-refractivity contribution in [2.45, 2.75) is 6.61 Å². The summed E-state index contributed by atoms with van der Waals surface area (Å²) >= 11 is 9.19. The Hall–Kier alpha value is -1.26. The molecule has 2 rings (SSSR count). The van der Waals surface area contributed by atoms with E-state index in [0.717, 1.165) is 10.0 Å². The number of nitrogens with zero attached hydrogens (tertiary/aromatic N) is 1. The number of ether oxygens (including phenoxy) is 1. The van der Waals surface area contributed by atoms with Crippen LogP contribution in [0.3, 0.4) is 0 Å². The first-order valence-electron chi connectivity index (χ1n) is 4.92. The summed E-state index contributed by atoms with van der Waals surface area (Å²) < 4.78 is 6.49. The maximum Gasteiger partial charge on any atom is 0.139 e. The van der Waals surface area contributed by atoms with Crippen molar-refractivity contribution >= 4 is 33.2 Å². The molecule has 0 fully saturated rings. The van der Waals surface area contributed by atoms with E-state index in [2.05, 4.69) is 20.9 Å². The molecule has 1 aromatic heterocycles. The lowest BCUT2D eigenvalue weighted by Crippen LogP contribution is -1.97. The summed E-state index contributed by atoms with van der Waals surface area (Å²) in [5.74, 6) is 0.635. The molecular formula is C12H10BrClN2O. The van der Waals surface area contributed by atoms with Gasteiger partial charge in [0.2, 0.25) is 0 Å². The van der Waals surface area contributed by atoms with E-state index in [9.17, 15) is 0 Å². The fourth-order valence-corrected chi connectivity index (χ4v) is 2.12. The Kier molecular flexibility index (Phi) is 3.86. The van der Waals surface area contributed by atoms with Gasteiger partial charge in [0.15, 0.2) is 0 Å². The van der Waals surface area contributed by atoms with Gasteiger partial charge in [-0.15, -0.1) is 0 Å². The predicted octanol–water partition coefficient (Wildman–Crippen LogP) is 3.66. The van der Waals surface area contributed by atoms with Crippen LogP contribution in [-0.2, 0) is 6.61 Å². The van der Waals surface area contributed by atoms with Crippen LogP contribution in [-0.4, -0.2) is 4.98 Å². The molecular weight excluding hydrogens is 304 g/mol. The van der Waals surface area contributed by atoms with Gasteiger partial charge in [0, 0.05) is 22.4 Å². The number of aromatic nitrogens is 1. The molecule has 0 aliphatic heterocycles. The molecule has 88 valence electrons. The second kappa shape index (κ2) is 5.38. The first kappa shape index (κ1) is 12.2. The highest BCUT2D eigenvalue weighted by Crippen LogP contribution is 2.20. The molecule has 0 aliphatic rings. The lowest BCUT2D eigenvalue weighted by atomic mass is 10.2. The number of benzene rings is 1. The number of hydrogen-bond donors (Lipinski definition) is 1. The summed E-state index contributed by atoms with van der Waals surface area (Å²) in [6, 6.07) is 7.37. The van der Waals surface area contributed by atoms with Crippen LogP contribution in [0.15, 0.2) is 41.1 Å². The molecule has 2 N–H and O–H groups in total. The topological polar surface area (TPSA) is 48.1 Å². The fraction of sp³-hybridized carbons (Fsp3) is 0.0833. The molecule has 0 saturated carbocycles. The smallest absolute Gasteiger partial charge is 0.139 e. The summed E-state index contributed by atoms with van der Waals surface area (Å²) in [7, 11) is 0. The third kappa shape index (κ3) is 3.61. The third-order valence-corrected chi connectivity index (χ3v) is 2.73. The minimum Gasteiger partial charge on any atom is -0.487 e. The van der Waals surface area contributed by atoms with Crippen molar-refractivity contribution in [1.82, 2.24) is 4.98 Å². The monoisotopic (exact) mass is 312 g/mol. The van der Waals surface area contributed by atoms with E-state index in [1.54, 1.807) is 18.5 Å². The Bertz CT molecular complexity index is 513. The SMILES string of the molecule is Nc1cc(Br)cc(COc2cncc(Cl)c2)c1. The van der Waals surface area contributed by atoms with Crippen LogP contribution in [0.4, 0.5) is 5.69 Å². The zero-order chi connectivity index (χ0) is 12.3. The van der Waals surface area contributed by atoms with E-state index in [1.807, 2.05) is 18.2 Å². The van der Waals surface area contributed by atoms with Crippen LogP contribution in [0.1, 0.15) is 5.56 Å². The lowest BCUT2D eigenvalue weighted by molar-refractivity contribution is 0.305. The standard InChI is InChI=1S/C12H10BrClN2O/c13-9-1-8(2-11(15)3-9)7-17-12-4-10(14)5-16-6-12/h1-6H,7,15H2. The predicted molar refractivity (Wildman–Crippen MR) is 72.1 cm³/mol. The van der Waals surface area contributed by atoms with E-state index < -0.39 is 0 Å². The molecule has 0 aliphatic carbocycles. The molecule has 17 heavy (non-hydrogen) atoms. The maximum atomic E-state index is 5.81. The number of anilines is 1. The van der Waals surface area contributed by atoms with Crippen molar-refractivity contribution in [2.75, 3.05) is 5.73 Å². The van der Waals surface area contributed by atoms with Crippen LogP contribution >= 0.6 is 27.5 Å². The number of pyridine rings is 1. The van der Waals surface area contributed by atoms with Gasteiger partial charge in [-0.3, -0.25) is 4.98 Å². The summed E-state index contributed by atoms with van der Waals surface area (Å²) in [5.41, 5.74) is 7.41. The van der Waals surface area contributed by atoms with Crippen molar-refractivity contribution in [3.63, 3.8) is 0 Å². The van der Waals surface area contributed by atoms with Crippen LogP contribution in [0, 0.1) is 0 Å². The van der Waals surface area contributed by atoms with Crippen molar-refractivity contribution < 1.29 is 4.74 Å². The zero-order valence-corrected chi connectivity index (χ0v) is 11.2. The molecule has 3 nitrogen and oxygen atoms in total. The highest BCUT2D eigenvalue weighted by atomic mass is 79.9. The fourth-order valence-electron chi connectivity index (χ4n) is 1.40. The summed E-state index contributed by atoms with van der Waals surface area (Å²) in [4.78, 5) is 3.94. The normalized spacial score (nSPS) is 10.2. The molecule has 2 aromatic rings. The van der Waals surface area contributed by atoms with E-state index in [1.165, 1.54) is 0 Å². The highest BCUT2D eigenvalue weighted by molar-refractivity contribution is 9.10. The quantitative estimate of drug-likeness (QED) is 0.880.